The van der Waals surface area contributed by atoms with Gasteiger partial charge in [0.05, 0.1) is 30.7 Å². The van der Waals surface area contributed by atoms with Gasteiger partial charge in [0.25, 0.3) is 0 Å². The third-order valence-electron chi connectivity index (χ3n) is 6.39. The Bertz CT molecular complexity index is 824. The number of fused-ring (bicyclic) bond motifs is 8. The summed E-state index contributed by atoms with van der Waals surface area (Å²) in [7, 11) is 0. The van der Waals surface area contributed by atoms with Crippen molar-refractivity contribution in [3.8, 4) is 0 Å². The first-order valence-electron chi connectivity index (χ1n) is 9.37. The number of rotatable bonds is 1. The van der Waals surface area contributed by atoms with Gasteiger partial charge in [-0.05, 0) is 11.6 Å². The molecule has 4 heterocycles. The molecule has 0 spiro atoms. The first-order valence-corrected chi connectivity index (χ1v) is 9.37. The van der Waals surface area contributed by atoms with Crippen LogP contribution < -0.4 is 4.90 Å². The van der Waals surface area contributed by atoms with Gasteiger partial charge in [-0.2, -0.15) is 0 Å². The SMILES string of the molecule is CC(C)(C)C(=O)[C@H]1[C@H]2[C@@H](C(=O)[C@@H]3OC[C@@H]2O3)[C@@H]2c3ccccc3C=C[NH+]12. The number of hydrogen-bond acceptors (Lipinski definition) is 4. The van der Waals surface area contributed by atoms with E-state index in [1.54, 1.807) is 0 Å². The maximum absolute atomic E-state index is 13.4. The van der Waals surface area contributed by atoms with Crippen LogP contribution in [0.15, 0.2) is 30.5 Å². The molecular formula is C21H24NO4+. The van der Waals surface area contributed by atoms with Crippen molar-refractivity contribution in [1.82, 2.24) is 0 Å². The lowest BCUT2D eigenvalue weighted by Gasteiger charge is -2.32. The van der Waals surface area contributed by atoms with Gasteiger partial charge < -0.3 is 9.47 Å². The van der Waals surface area contributed by atoms with Gasteiger partial charge in [0.15, 0.2) is 17.6 Å². The molecule has 4 aliphatic rings. The third-order valence-corrected chi connectivity index (χ3v) is 6.39. The van der Waals surface area contributed by atoms with Gasteiger partial charge in [-0.3, -0.25) is 14.5 Å². The molecular weight excluding hydrogens is 330 g/mol. The Labute approximate surface area is 153 Å². The summed E-state index contributed by atoms with van der Waals surface area (Å²) in [5.41, 5.74) is 1.82. The minimum atomic E-state index is -0.760. The fourth-order valence-corrected chi connectivity index (χ4v) is 5.29. The van der Waals surface area contributed by atoms with E-state index in [2.05, 4.69) is 24.4 Å². The summed E-state index contributed by atoms with van der Waals surface area (Å²) >= 11 is 0. The van der Waals surface area contributed by atoms with E-state index in [1.807, 2.05) is 32.9 Å². The maximum Gasteiger partial charge on any atom is 0.218 e. The van der Waals surface area contributed by atoms with E-state index in [9.17, 15) is 9.59 Å². The molecule has 0 aliphatic carbocycles. The van der Waals surface area contributed by atoms with E-state index in [1.165, 1.54) is 0 Å². The van der Waals surface area contributed by atoms with Crippen LogP contribution in [0, 0.1) is 17.3 Å². The number of benzene rings is 1. The molecule has 5 rings (SSSR count). The first kappa shape index (κ1) is 16.4. The number of Topliss-reactive ketones (excluding diaryl/α,β-unsaturated/α-hetero) is 2. The third kappa shape index (κ3) is 2.08. The van der Waals surface area contributed by atoms with Gasteiger partial charge in [-0.15, -0.1) is 0 Å². The normalized spacial score (nSPS) is 40.1. The van der Waals surface area contributed by atoms with E-state index >= 15 is 0 Å². The number of carbonyl (C=O) groups is 2. The average Bonchev–Trinajstić information content (AvgIpc) is 3.19. The fourth-order valence-electron chi connectivity index (χ4n) is 5.29. The predicted molar refractivity (Wildman–Crippen MR) is 94.0 cm³/mol. The summed E-state index contributed by atoms with van der Waals surface area (Å²) < 4.78 is 11.4. The molecule has 5 nitrogen and oxygen atoms in total. The zero-order valence-electron chi connectivity index (χ0n) is 15.3. The van der Waals surface area contributed by atoms with E-state index in [4.69, 9.17) is 9.47 Å². The minimum absolute atomic E-state index is 0.000521. The van der Waals surface area contributed by atoms with Crippen LogP contribution in [0.25, 0.3) is 6.08 Å². The lowest BCUT2D eigenvalue weighted by molar-refractivity contribution is -0.885. The van der Waals surface area contributed by atoms with Gasteiger partial charge in [0, 0.05) is 11.0 Å². The Morgan fingerprint density at radius 1 is 1.23 bits per heavy atom. The summed E-state index contributed by atoms with van der Waals surface area (Å²) in [6.07, 6.45) is 3.23. The number of nitrogens with one attached hydrogen (secondary N) is 1. The van der Waals surface area contributed by atoms with Crippen molar-refractivity contribution >= 4 is 17.6 Å². The van der Waals surface area contributed by atoms with Crippen molar-refractivity contribution < 1.29 is 24.0 Å². The summed E-state index contributed by atoms with van der Waals surface area (Å²) in [5, 5.41) is 0. The number of carbonyl (C=O) groups excluding carboxylic acids is 2. The van der Waals surface area contributed by atoms with Crippen LogP contribution in [0.5, 0.6) is 0 Å². The van der Waals surface area contributed by atoms with Gasteiger partial charge in [0.2, 0.25) is 6.29 Å². The van der Waals surface area contributed by atoms with Gasteiger partial charge in [-0.1, -0.05) is 45.0 Å². The average molecular weight is 354 g/mol. The zero-order chi connectivity index (χ0) is 18.2. The predicted octanol–water partition coefficient (Wildman–Crippen LogP) is 1.15. The van der Waals surface area contributed by atoms with Crippen LogP contribution in [0.3, 0.4) is 0 Å². The number of ketones is 2. The minimum Gasteiger partial charge on any atom is -0.343 e. The van der Waals surface area contributed by atoms with Crippen LogP contribution >= 0.6 is 0 Å². The summed E-state index contributed by atoms with van der Waals surface area (Å²) in [4.78, 5) is 27.6. The quantitative estimate of drug-likeness (QED) is 0.822. The molecule has 0 saturated carbocycles. The second kappa shape index (κ2) is 5.35. The standard InChI is InChI=1S/C21H23NO4/c1-21(2,3)19(24)17-14-13-10-25-20(26-13)18(23)15(14)16-12-7-5-4-6-11(12)8-9-22(16)17/h4-9,13-17,20H,10H2,1-3H3/p+1/t13-,14+,15+,16-,17+,20+/m0/s1. The highest BCUT2D eigenvalue weighted by Crippen LogP contribution is 2.47. The smallest absolute Gasteiger partial charge is 0.218 e. The van der Waals surface area contributed by atoms with Crippen LogP contribution in [-0.4, -0.2) is 36.6 Å². The Morgan fingerprint density at radius 2 is 2.00 bits per heavy atom. The van der Waals surface area contributed by atoms with E-state index in [0.717, 1.165) is 16.0 Å². The molecule has 1 unspecified atom stereocenters. The van der Waals surface area contributed by atoms with Crippen LogP contribution in [0.1, 0.15) is 37.9 Å². The van der Waals surface area contributed by atoms with E-state index in [-0.39, 0.29) is 41.6 Å². The first-order chi connectivity index (χ1) is 12.4. The summed E-state index contributed by atoms with van der Waals surface area (Å²) in [5.74, 6) is -0.182. The Kier molecular flexibility index (Phi) is 3.36. The summed E-state index contributed by atoms with van der Waals surface area (Å²) in [6.45, 7) is 6.27. The molecule has 26 heavy (non-hydrogen) atoms. The lowest BCUT2D eigenvalue weighted by atomic mass is 9.73. The molecule has 1 N–H and O–H groups in total. The van der Waals surface area contributed by atoms with E-state index in [0.29, 0.717) is 6.61 Å². The molecule has 0 amide bonds. The molecule has 4 aliphatic heterocycles. The lowest BCUT2D eigenvalue weighted by Crippen LogP contribution is -3.12. The molecule has 1 aromatic carbocycles. The zero-order valence-corrected chi connectivity index (χ0v) is 15.3. The molecule has 3 fully saturated rings. The van der Waals surface area contributed by atoms with Crippen molar-refractivity contribution in [3.63, 3.8) is 0 Å². The van der Waals surface area contributed by atoms with Crippen molar-refractivity contribution in [2.45, 2.75) is 45.2 Å². The molecule has 136 valence electrons. The molecule has 2 bridgehead atoms. The van der Waals surface area contributed by atoms with Crippen molar-refractivity contribution in [2.75, 3.05) is 6.61 Å². The number of hydrogen-bond donors (Lipinski definition) is 1. The topological polar surface area (TPSA) is 57.0 Å². The highest BCUT2D eigenvalue weighted by molar-refractivity contribution is 5.92. The number of quaternary nitrogens is 1. The molecule has 0 radical (unpaired) electrons. The molecule has 1 aromatic rings. The Morgan fingerprint density at radius 3 is 2.77 bits per heavy atom. The van der Waals surface area contributed by atoms with Gasteiger partial charge >= 0.3 is 0 Å². The highest BCUT2D eigenvalue weighted by atomic mass is 16.7. The maximum atomic E-state index is 13.4. The Balaban J connectivity index is 1.68. The van der Waals surface area contributed by atoms with Crippen LogP contribution in [0.2, 0.25) is 0 Å². The van der Waals surface area contributed by atoms with Gasteiger partial charge in [0.1, 0.15) is 6.04 Å². The highest BCUT2D eigenvalue weighted by Gasteiger charge is 2.67. The summed E-state index contributed by atoms with van der Waals surface area (Å²) in [6, 6.07) is 7.86. The van der Waals surface area contributed by atoms with E-state index < -0.39 is 11.7 Å². The second-order valence-corrected chi connectivity index (χ2v) is 8.88. The molecule has 5 heteroatoms. The van der Waals surface area contributed by atoms with Crippen LogP contribution in [-0.2, 0) is 19.1 Å². The molecule has 0 aromatic heterocycles. The largest absolute Gasteiger partial charge is 0.343 e. The van der Waals surface area contributed by atoms with Gasteiger partial charge in [-0.25, -0.2) is 0 Å². The van der Waals surface area contributed by atoms with Crippen LogP contribution in [0.4, 0.5) is 0 Å². The monoisotopic (exact) mass is 354 g/mol. The number of ether oxygens (including phenoxy) is 2. The van der Waals surface area contributed by atoms with Crippen molar-refractivity contribution in [3.05, 3.63) is 41.6 Å². The Hall–Kier alpha value is -1.82. The van der Waals surface area contributed by atoms with Crippen molar-refractivity contribution in [2.24, 2.45) is 17.3 Å². The molecule has 7 atom stereocenters. The van der Waals surface area contributed by atoms with Crippen molar-refractivity contribution in [1.29, 1.82) is 0 Å². The molecule has 3 saturated heterocycles. The second-order valence-electron chi connectivity index (χ2n) is 8.88. The fraction of sp³-hybridized carbons (Fsp3) is 0.524.